The molecule has 0 rings (SSSR count). The maximum absolute atomic E-state index is 4.26. The van der Waals surface area contributed by atoms with E-state index >= 15 is 0 Å². The molecule has 66 valence electrons. The van der Waals surface area contributed by atoms with Crippen LogP contribution in [0.5, 0.6) is 0 Å². The van der Waals surface area contributed by atoms with Gasteiger partial charge in [0.1, 0.15) is 5.84 Å². The SMILES string of the molecule is C=C/N=C(\N=C(\C)C=C)C(C)C. The summed E-state index contributed by atoms with van der Waals surface area (Å²) in [4.78, 5) is 8.32. The Morgan fingerprint density at radius 1 is 1.33 bits per heavy atom. The van der Waals surface area contributed by atoms with Crippen LogP contribution in [-0.4, -0.2) is 11.5 Å². The zero-order chi connectivity index (χ0) is 9.56. The Morgan fingerprint density at radius 2 is 1.92 bits per heavy atom. The van der Waals surface area contributed by atoms with Crippen molar-refractivity contribution in [3.05, 3.63) is 25.4 Å². The molecule has 0 aromatic rings. The van der Waals surface area contributed by atoms with Crippen molar-refractivity contribution in [3.63, 3.8) is 0 Å². The fourth-order valence-corrected chi connectivity index (χ4v) is 0.627. The molecule has 12 heavy (non-hydrogen) atoms. The minimum absolute atomic E-state index is 0.317. The Hall–Kier alpha value is -1.18. The monoisotopic (exact) mass is 164 g/mol. The van der Waals surface area contributed by atoms with E-state index in [0.29, 0.717) is 5.92 Å². The van der Waals surface area contributed by atoms with Gasteiger partial charge in [-0.3, -0.25) is 0 Å². The van der Waals surface area contributed by atoms with Crippen molar-refractivity contribution in [2.75, 3.05) is 0 Å². The standard InChI is InChI=1S/C10H16N2/c1-6-9(5)12-10(8(3)4)11-7-2/h6-8H,1-2H2,3-5H3/b11-10-,12-9-. The van der Waals surface area contributed by atoms with Crippen LogP contribution >= 0.6 is 0 Å². The van der Waals surface area contributed by atoms with Gasteiger partial charge in [0.05, 0.1) is 0 Å². The fraction of sp³-hybridized carbons (Fsp3) is 0.400. The number of allylic oxidation sites excluding steroid dienone is 1. The van der Waals surface area contributed by atoms with E-state index in [1.165, 1.54) is 6.20 Å². The molecule has 0 heterocycles. The highest BCUT2D eigenvalue weighted by Crippen LogP contribution is 2.00. The van der Waals surface area contributed by atoms with Crippen molar-refractivity contribution in [2.45, 2.75) is 20.8 Å². The van der Waals surface area contributed by atoms with Gasteiger partial charge in [0.25, 0.3) is 0 Å². The molecule has 0 saturated heterocycles. The molecule has 0 radical (unpaired) electrons. The third-order valence-corrected chi connectivity index (χ3v) is 1.33. The van der Waals surface area contributed by atoms with Crippen molar-refractivity contribution in [3.8, 4) is 0 Å². The van der Waals surface area contributed by atoms with Crippen LogP contribution < -0.4 is 0 Å². The number of nitrogens with zero attached hydrogens (tertiary/aromatic N) is 2. The summed E-state index contributed by atoms with van der Waals surface area (Å²) in [5.41, 5.74) is 0.879. The molecular weight excluding hydrogens is 148 g/mol. The summed E-state index contributed by atoms with van der Waals surface area (Å²) >= 11 is 0. The first-order chi connectivity index (χ1) is 5.61. The summed E-state index contributed by atoms with van der Waals surface area (Å²) < 4.78 is 0. The van der Waals surface area contributed by atoms with Crippen LogP contribution in [0, 0.1) is 5.92 Å². The van der Waals surface area contributed by atoms with Crippen LogP contribution in [0.4, 0.5) is 0 Å². The van der Waals surface area contributed by atoms with E-state index in [9.17, 15) is 0 Å². The zero-order valence-electron chi connectivity index (χ0n) is 8.04. The van der Waals surface area contributed by atoms with E-state index in [0.717, 1.165) is 11.5 Å². The maximum Gasteiger partial charge on any atom is 0.131 e. The smallest absolute Gasteiger partial charge is 0.131 e. The first kappa shape index (κ1) is 10.8. The van der Waals surface area contributed by atoms with Gasteiger partial charge in [0, 0.05) is 17.8 Å². The third-order valence-electron chi connectivity index (χ3n) is 1.33. The predicted molar refractivity (Wildman–Crippen MR) is 55.8 cm³/mol. The minimum Gasteiger partial charge on any atom is -0.242 e. The number of aliphatic imine (C=N–C) groups is 2. The first-order valence-corrected chi connectivity index (χ1v) is 3.98. The Kier molecular flexibility index (Phi) is 4.93. The maximum atomic E-state index is 4.26. The fourth-order valence-electron chi connectivity index (χ4n) is 0.627. The lowest BCUT2D eigenvalue weighted by molar-refractivity contribution is 0.873. The van der Waals surface area contributed by atoms with E-state index in [1.807, 2.05) is 20.8 Å². The summed E-state index contributed by atoms with van der Waals surface area (Å²) in [6.07, 6.45) is 3.22. The normalized spacial score (nSPS) is 13.3. The average Bonchev–Trinajstić information content (AvgIpc) is 2.03. The molecule has 0 atom stereocenters. The van der Waals surface area contributed by atoms with Gasteiger partial charge < -0.3 is 0 Å². The lowest BCUT2D eigenvalue weighted by atomic mass is 10.2. The van der Waals surface area contributed by atoms with E-state index in [2.05, 4.69) is 23.1 Å². The van der Waals surface area contributed by atoms with Crippen molar-refractivity contribution in [1.82, 2.24) is 0 Å². The highest BCUT2D eigenvalue weighted by Gasteiger charge is 2.01. The van der Waals surface area contributed by atoms with E-state index < -0.39 is 0 Å². The largest absolute Gasteiger partial charge is 0.242 e. The third kappa shape index (κ3) is 3.86. The van der Waals surface area contributed by atoms with Crippen LogP contribution in [0.15, 0.2) is 35.4 Å². The number of hydrogen-bond donors (Lipinski definition) is 0. The highest BCUT2D eigenvalue weighted by atomic mass is 14.9. The van der Waals surface area contributed by atoms with Gasteiger partial charge in [-0.05, 0) is 13.0 Å². The van der Waals surface area contributed by atoms with Crippen LogP contribution in [0.25, 0.3) is 0 Å². The van der Waals surface area contributed by atoms with E-state index in [-0.39, 0.29) is 0 Å². The molecule has 0 saturated carbocycles. The van der Waals surface area contributed by atoms with Gasteiger partial charge in [0.2, 0.25) is 0 Å². The second-order valence-electron chi connectivity index (χ2n) is 2.78. The number of amidine groups is 1. The molecule has 0 aliphatic heterocycles. The van der Waals surface area contributed by atoms with Crippen molar-refractivity contribution < 1.29 is 0 Å². The molecule has 0 N–H and O–H groups in total. The van der Waals surface area contributed by atoms with Gasteiger partial charge in [-0.25, -0.2) is 9.98 Å². The zero-order valence-corrected chi connectivity index (χ0v) is 8.04. The Bertz CT molecular complexity index is 222. The molecule has 0 fully saturated rings. The van der Waals surface area contributed by atoms with Crippen molar-refractivity contribution >= 4 is 11.5 Å². The summed E-state index contributed by atoms with van der Waals surface area (Å²) in [6.45, 7) is 13.1. The van der Waals surface area contributed by atoms with Gasteiger partial charge in [-0.1, -0.05) is 27.0 Å². The van der Waals surface area contributed by atoms with Gasteiger partial charge in [0.15, 0.2) is 0 Å². The predicted octanol–water partition coefficient (Wildman–Crippen LogP) is 2.83. The number of rotatable bonds is 3. The lowest BCUT2D eigenvalue weighted by Crippen LogP contribution is -2.05. The molecule has 0 amide bonds. The van der Waals surface area contributed by atoms with Gasteiger partial charge >= 0.3 is 0 Å². The molecule has 2 nitrogen and oxygen atoms in total. The Balaban J connectivity index is 4.65. The number of hydrogen-bond acceptors (Lipinski definition) is 1. The van der Waals surface area contributed by atoms with Crippen LogP contribution in [-0.2, 0) is 0 Å². The molecule has 0 unspecified atom stereocenters. The second-order valence-corrected chi connectivity index (χ2v) is 2.78. The average molecular weight is 164 g/mol. The molecular formula is C10H16N2. The summed E-state index contributed by atoms with van der Waals surface area (Å²) in [6, 6.07) is 0. The molecule has 0 spiro atoms. The summed E-state index contributed by atoms with van der Waals surface area (Å²) in [7, 11) is 0. The highest BCUT2D eigenvalue weighted by molar-refractivity contribution is 6.02. The molecule has 2 heteroatoms. The minimum atomic E-state index is 0.317. The summed E-state index contributed by atoms with van der Waals surface area (Å²) in [5.74, 6) is 1.11. The summed E-state index contributed by atoms with van der Waals surface area (Å²) in [5, 5.41) is 0. The molecule has 0 aliphatic rings. The Labute approximate surface area is 74.4 Å². The Morgan fingerprint density at radius 3 is 2.25 bits per heavy atom. The van der Waals surface area contributed by atoms with Crippen molar-refractivity contribution in [2.24, 2.45) is 15.9 Å². The van der Waals surface area contributed by atoms with E-state index in [1.54, 1.807) is 6.08 Å². The quantitative estimate of drug-likeness (QED) is 0.452. The second kappa shape index (κ2) is 5.47. The van der Waals surface area contributed by atoms with E-state index in [4.69, 9.17) is 0 Å². The first-order valence-electron chi connectivity index (χ1n) is 3.98. The molecule has 0 aromatic carbocycles. The molecule has 0 aromatic heterocycles. The molecule has 0 aliphatic carbocycles. The topological polar surface area (TPSA) is 24.7 Å². The van der Waals surface area contributed by atoms with Gasteiger partial charge in [-0.15, -0.1) is 0 Å². The van der Waals surface area contributed by atoms with Crippen molar-refractivity contribution in [1.29, 1.82) is 0 Å². The molecule has 0 bridgehead atoms. The van der Waals surface area contributed by atoms with Crippen LogP contribution in [0.2, 0.25) is 0 Å². The van der Waals surface area contributed by atoms with Crippen LogP contribution in [0.1, 0.15) is 20.8 Å². The van der Waals surface area contributed by atoms with Crippen LogP contribution in [0.3, 0.4) is 0 Å². The van der Waals surface area contributed by atoms with Gasteiger partial charge in [-0.2, -0.15) is 0 Å². The lowest BCUT2D eigenvalue weighted by Gasteiger charge is -2.03.